The minimum Gasteiger partial charge on any atom is -0.370 e. The smallest absolute Gasteiger partial charge is 0.191 e. The van der Waals surface area contributed by atoms with E-state index >= 15 is 0 Å². The SMILES string of the molecule is NC1=NCC(c2ccc(Cl)c(Br)c2)N1CC1CC1. The van der Waals surface area contributed by atoms with Crippen LogP contribution in [0.25, 0.3) is 0 Å². The van der Waals surface area contributed by atoms with Crippen LogP contribution in [0.2, 0.25) is 5.02 Å². The summed E-state index contributed by atoms with van der Waals surface area (Å²) in [5, 5.41) is 0.736. The van der Waals surface area contributed by atoms with Crippen LogP contribution in [0.5, 0.6) is 0 Å². The Morgan fingerprint density at radius 2 is 2.22 bits per heavy atom. The normalized spacial score (nSPS) is 23.3. The maximum absolute atomic E-state index is 6.03. The molecule has 0 amide bonds. The first kappa shape index (κ1) is 12.3. The third-order valence-corrected chi connectivity index (χ3v) is 4.79. The monoisotopic (exact) mass is 327 g/mol. The van der Waals surface area contributed by atoms with E-state index in [1.807, 2.05) is 6.07 Å². The average Bonchev–Trinajstić information content (AvgIpc) is 3.09. The van der Waals surface area contributed by atoms with Gasteiger partial charge in [-0.3, -0.25) is 4.99 Å². The van der Waals surface area contributed by atoms with E-state index in [4.69, 9.17) is 17.3 Å². The largest absolute Gasteiger partial charge is 0.370 e. The van der Waals surface area contributed by atoms with Gasteiger partial charge >= 0.3 is 0 Å². The van der Waals surface area contributed by atoms with E-state index in [0.29, 0.717) is 5.96 Å². The highest BCUT2D eigenvalue weighted by Crippen LogP contribution is 2.36. The van der Waals surface area contributed by atoms with E-state index in [0.717, 1.165) is 28.5 Å². The number of hydrogen-bond acceptors (Lipinski definition) is 3. The molecule has 1 aromatic rings. The molecule has 0 saturated heterocycles. The second-order valence-corrected chi connectivity index (χ2v) is 6.25. The molecule has 18 heavy (non-hydrogen) atoms. The first-order valence-electron chi connectivity index (χ1n) is 6.16. The molecule has 1 aromatic carbocycles. The van der Waals surface area contributed by atoms with Crippen molar-refractivity contribution in [3.05, 3.63) is 33.3 Å². The van der Waals surface area contributed by atoms with Gasteiger partial charge in [-0.1, -0.05) is 17.7 Å². The number of nitrogens with zero attached hydrogens (tertiary/aromatic N) is 2. The summed E-state index contributed by atoms with van der Waals surface area (Å²) < 4.78 is 0.929. The number of nitrogens with two attached hydrogens (primary N) is 1. The fourth-order valence-electron chi connectivity index (χ4n) is 2.33. The number of hydrogen-bond donors (Lipinski definition) is 1. The van der Waals surface area contributed by atoms with Crippen molar-refractivity contribution in [2.75, 3.05) is 13.1 Å². The molecule has 3 nitrogen and oxygen atoms in total. The van der Waals surface area contributed by atoms with Gasteiger partial charge in [0.2, 0.25) is 0 Å². The molecule has 1 unspecified atom stereocenters. The Balaban J connectivity index is 1.83. The standard InChI is InChI=1S/C13H15BrClN3/c14-10-5-9(3-4-11(10)15)12-6-17-13(16)18(12)7-8-1-2-8/h3-5,8,12H,1-2,6-7H2,(H2,16,17). The van der Waals surface area contributed by atoms with Gasteiger partial charge in [-0.25, -0.2) is 0 Å². The highest BCUT2D eigenvalue weighted by atomic mass is 79.9. The quantitative estimate of drug-likeness (QED) is 0.926. The zero-order chi connectivity index (χ0) is 12.7. The van der Waals surface area contributed by atoms with E-state index < -0.39 is 0 Å². The lowest BCUT2D eigenvalue weighted by Crippen LogP contribution is -2.37. The van der Waals surface area contributed by atoms with Gasteiger partial charge in [0, 0.05) is 11.0 Å². The summed E-state index contributed by atoms with van der Waals surface area (Å²) >= 11 is 9.51. The number of halogens is 2. The Morgan fingerprint density at radius 1 is 1.44 bits per heavy atom. The van der Waals surface area contributed by atoms with Crippen LogP contribution in [-0.4, -0.2) is 23.9 Å². The van der Waals surface area contributed by atoms with Crippen LogP contribution in [0.3, 0.4) is 0 Å². The molecule has 2 aliphatic rings. The molecular formula is C13H15BrClN3. The second-order valence-electron chi connectivity index (χ2n) is 4.98. The first-order valence-corrected chi connectivity index (χ1v) is 7.34. The highest BCUT2D eigenvalue weighted by molar-refractivity contribution is 9.10. The Labute approximate surface area is 120 Å². The van der Waals surface area contributed by atoms with Gasteiger partial charge in [0.05, 0.1) is 17.6 Å². The molecule has 0 spiro atoms. The van der Waals surface area contributed by atoms with Crippen LogP contribution in [0.4, 0.5) is 0 Å². The van der Waals surface area contributed by atoms with Crippen molar-refractivity contribution in [3.8, 4) is 0 Å². The molecular weight excluding hydrogens is 314 g/mol. The molecule has 1 saturated carbocycles. The van der Waals surface area contributed by atoms with E-state index in [9.17, 15) is 0 Å². The minimum absolute atomic E-state index is 0.263. The molecule has 0 bridgehead atoms. The van der Waals surface area contributed by atoms with Crippen molar-refractivity contribution < 1.29 is 0 Å². The topological polar surface area (TPSA) is 41.6 Å². The Bertz CT molecular complexity index is 499. The highest BCUT2D eigenvalue weighted by Gasteiger charge is 2.33. The Kier molecular flexibility index (Phi) is 3.24. The first-order chi connectivity index (χ1) is 8.65. The summed E-state index contributed by atoms with van der Waals surface area (Å²) in [6, 6.07) is 6.32. The Morgan fingerprint density at radius 3 is 2.89 bits per heavy atom. The minimum atomic E-state index is 0.263. The fourth-order valence-corrected chi connectivity index (χ4v) is 2.85. The Hall–Kier alpha value is -0.740. The summed E-state index contributed by atoms with van der Waals surface area (Å²) in [6.45, 7) is 1.77. The van der Waals surface area contributed by atoms with E-state index in [1.54, 1.807) is 0 Å². The molecule has 0 aromatic heterocycles. The fraction of sp³-hybridized carbons (Fsp3) is 0.462. The lowest BCUT2D eigenvalue weighted by atomic mass is 10.1. The van der Waals surface area contributed by atoms with Crippen molar-refractivity contribution in [2.45, 2.75) is 18.9 Å². The van der Waals surface area contributed by atoms with E-state index in [-0.39, 0.29) is 6.04 Å². The van der Waals surface area contributed by atoms with Gasteiger partial charge in [0.1, 0.15) is 0 Å². The zero-order valence-corrected chi connectivity index (χ0v) is 12.3. The molecule has 0 radical (unpaired) electrons. The van der Waals surface area contributed by atoms with Gasteiger partial charge in [0.25, 0.3) is 0 Å². The zero-order valence-electron chi connectivity index (χ0n) is 9.94. The van der Waals surface area contributed by atoms with Crippen molar-refractivity contribution in [1.82, 2.24) is 4.90 Å². The van der Waals surface area contributed by atoms with Crippen molar-refractivity contribution in [2.24, 2.45) is 16.6 Å². The number of rotatable bonds is 3. The van der Waals surface area contributed by atoms with Crippen LogP contribution in [0.15, 0.2) is 27.7 Å². The van der Waals surface area contributed by atoms with E-state index in [1.165, 1.54) is 18.4 Å². The van der Waals surface area contributed by atoms with Gasteiger partial charge in [0.15, 0.2) is 5.96 Å². The maximum atomic E-state index is 6.03. The molecule has 2 N–H and O–H groups in total. The van der Waals surface area contributed by atoms with Crippen LogP contribution < -0.4 is 5.73 Å². The molecule has 1 heterocycles. The molecule has 1 atom stereocenters. The molecule has 1 fully saturated rings. The molecule has 1 aliphatic carbocycles. The summed E-state index contributed by atoms with van der Waals surface area (Å²) in [5.41, 5.74) is 7.21. The van der Waals surface area contributed by atoms with Crippen molar-refractivity contribution in [1.29, 1.82) is 0 Å². The van der Waals surface area contributed by atoms with Gasteiger partial charge < -0.3 is 10.6 Å². The summed E-state index contributed by atoms with van der Waals surface area (Å²) in [6.07, 6.45) is 2.64. The van der Waals surface area contributed by atoms with Crippen molar-refractivity contribution >= 4 is 33.5 Å². The summed E-state index contributed by atoms with van der Waals surface area (Å²) in [7, 11) is 0. The lowest BCUT2D eigenvalue weighted by Gasteiger charge is -2.26. The third-order valence-electron chi connectivity index (χ3n) is 3.58. The lowest BCUT2D eigenvalue weighted by molar-refractivity contribution is 0.333. The second kappa shape index (κ2) is 4.74. The van der Waals surface area contributed by atoms with Crippen molar-refractivity contribution in [3.63, 3.8) is 0 Å². The maximum Gasteiger partial charge on any atom is 0.191 e. The predicted molar refractivity (Wildman–Crippen MR) is 77.8 cm³/mol. The van der Waals surface area contributed by atoms with Gasteiger partial charge in [-0.15, -0.1) is 0 Å². The van der Waals surface area contributed by atoms with Gasteiger partial charge in [-0.2, -0.15) is 0 Å². The average molecular weight is 329 g/mol. The van der Waals surface area contributed by atoms with Crippen LogP contribution in [0, 0.1) is 5.92 Å². The third kappa shape index (κ3) is 2.36. The summed E-state index contributed by atoms with van der Waals surface area (Å²) in [4.78, 5) is 6.61. The van der Waals surface area contributed by atoms with Gasteiger partial charge in [-0.05, 0) is 52.4 Å². The molecule has 96 valence electrons. The number of aliphatic imine (C=N–C) groups is 1. The molecule has 3 rings (SSSR count). The predicted octanol–water partition coefficient (Wildman–Crippen LogP) is 3.18. The number of guanidine groups is 1. The number of benzene rings is 1. The van der Waals surface area contributed by atoms with E-state index in [2.05, 4.69) is 38.0 Å². The van der Waals surface area contributed by atoms with Crippen LogP contribution in [0.1, 0.15) is 24.4 Å². The molecule has 5 heteroatoms. The molecule has 1 aliphatic heterocycles. The van der Waals surface area contributed by atoms with Crippen LogP contribution in [-0.2, 0) is 0 Å². The summed E-state index contributed by atoms with van der Waals surface area (Å²) in [5.74, 6) is 1.48. The van der Waals surface area contributed by atoms with Crippen LogP contribution >= 0.6 is 27.5 Å².